The summed E-state index contributed by atoms with van der Waals surface area (Å²) in [5.41, 5.74) is 3.13. The number of likely N-dealkylation sites (tertiary alicyclic amines) is 1. The van der Waals surface area contributed by atoms with Crippen molar-refractivity contribution in [3.8, 4) is 11.5 Å². The van der Waals surface area contributed by atoms with E-state index < -0.39 is 0 Å². The molecule has 35 heavy (non-hydrogen) atoms. The average Bonchev–Trinajstić information content (AvgIpc) is 2.90. The van der Waals surface area contributed by atoms with Crippen molar-refractivity contribution < 1.29 is 19.1 Å². The fourth-order valence-electron chi connectivity index (χ4n) is 4.96. The number of amides is 2. The van der Waals surface area contributed by atoms with Gasteiger partial charge in [-0.1, -0.05) is 66.7 Å². The number of nitrogens with zero attached hydrogens (tertiary/aromatic N) is 1. The van der Waals surface area contributed by atoms with Crippen molar-refractivity contribution in [2.45, 2.75) is 31.8 Å². The molecule has 0 aliphatic carbocycles. The van der Waals surface area contributed by atoms with Gasteiger partial charge in [0.1, 0.15) is 13.2 Å². The highest BCUT2D eigenvalue weighted by atomic mass is 16.6. The van der Waals surface area contributed by atoms with E-state index in [-0.39, 0.29) is 23.8 Å². The van der Waals surface area contributed by atoms with E-state index in [0.717, 1.165) is 28.2 Å². The van der Waals surface area contributed by atoms with Crippen molar-refractivity contribution >= 4 is 11.8 Å². The lowest BCUT2D eigenvalue weighted by Gasteiger charge is -2.41. The van der Waals surface area contributed by atoms with Gasteiger partial charge in [0.15, 0.2) is 11.5 Å². The maximum atomic E-state index is 13.4. The number of rotatable bonds is 7. The predicted molar refractivity (Wildman–Crippen MR) is 133 cm³/mol. The highest BCUT2D eigenvalue weighted by Gasteiger charge is 2.40. The molecule has 0 aromatic heterocycles. The largest absolute Gasteiger partial charge is 0.486 e. The SMILES string of the molecule is O=C(NCCc1ccc2c(c1)OCCO2)C1CCC(=O)N(Cc2ccccc2)C1c1ccccc1. The van der Waals surface area contributed by atoms with Gasteiger partial charge in [0.05, 0.1) is 12.0 Å². The molecule has 0 saturated carbocycles. The highest BCUT2D eigenvalue weighted by Crippen LogP contribution is 2.38. The summed E-state index contributed by atoms with van der Waals surface area (Å²) in [4.78, 5) is 28.3. The Kier molecular flexibility index (Phi) is 6.98. The molecule has 2 aliphatic heterocycles. The minimum Gasteiger partial charge on any atom is -0.486 e. The second-order valence-corrected chi connectivity index (χ2v) is 9.03. The van der Waals surface area contributed by atoms with Crippen molar-refractivity contribution in [2.75, 3.05) is 19.8 Å². The number of nitrogens with one attached hydrogen (secondary N) is 1. The molecular weight excluding hydrogens is 440 g/mol. The molecule has 2 aliphatic rings. The summed E-state index contributed by atoms with van der Waals surface area (Å²) in [7, 11) is 0. The van der Waals surface area contributed by atoms with Gasteiger partial charge < -0.3 is 19.7 Å². The molecule has 6 nitrogen and oxygen atoms in total. The Balaban J connectivity index is 1.30. The van der Waals surface area contributed by atoms with E-state index in [9.17, 15) is 9.59 Å². The molecule has 3 aromatic rings. The first kappa shape index (κ1) is 23.0. The zero-order valence-electron chi connectivity index (χ0n) is 19.7. The molecular formula is C29H30N2O4. The minimum atomic E-state index is -0.306. The monoisotopic (exact) mass is 470 g/mol. The van der Waals surface area contributed by atoms with E-state index in [0.29, 0.717) is 45.6 Å². The Morgan fingerprint density at radius 3 is 2.37 bits per heavy atom. The van der Waals surface area contributed by atoms with Gasteiger partial charge in [0.25, 0.3) is 0 Å². The number of fused-ring (bicyclic) bond motifs is 1. The predicted octanol–water partition coefficient (Wildman–Crippen LogP) is 4.30. The summed E-state index contributed by atoms with van der Waals surface area (Å²) in [6, 6.07) is 25.5. The Labute approximate surface area is 205 Å². The van der Waals surface area contributed by atoms with E-state index in [1.165, 1.54) is 0 Å². The van der Waals surface area contributed by atoms with Crippen molar-refractivity contribution in [1.29, 1.82) is 0 Å². The maximum Gasteiger partial charge on any atom is 0.225 e. The third kappa shape index (κ3) is 5.32. The molecule has 1 saturated heterocycles. The molecule has 180 valence electrons. The average molecular weight is 471 g/mol. The van der Waals surface area contributed by atoms with Crippen molar-refractivity contribution in [3.05, 3.63) is 95.6 Å². The number of hydrogen-bond acceptors (Lipinski definition) is 4. The maximum absolute atomic E-state index is 13.4. The van der Waals surface area contributed by atoms with Gasteiger partial charge in [-0.25, -0.2) is 0 Å². The van der Waals surface area contributed by atoms with Crippen molar-refractivity contribution in [2.24, 2.45) is 5.92 Å². The molecule has 0 spiro atoms. The molecule has 3 aromatic carbocycles. The van der Waals surface area contributed by atoms with Crippen LogP contribution in [0, 0.1) is 5.92 Å². The fraction of sp³-hybridized carbons (Fsp3) is 0.310. The van der Waals surface area contributed by atoms with Gasteiger partial charge in [-0.2, -0.15) is 0 Å². The van der Waals surface area contributed by atoms with E-state index in [2.05, 4.69) is 5.32 Å². The molecule has 2 unspecified atom stereocenters. The minimum absolute atomic E-state index is 0.0121. The molecule has 0 radical (unpaired) electrons. The van der Waals surface area contributed by atoms with Crippen LogP contribution in [-0.2, 0) is 22.6 Å². The number of benzene rings is 3. The summed E-state index contributed by atoms with van der Waals surface area (Å²) in [5.74, 6) is 1.29. The third-order valence-corrected chi connectivity index (χ3v) is 6.70. The molecule has 1 N–H and O–H groups in total. The first-order valence-electron chi connectivity index (χ1n) is 12.2. The van der Waals surface area contributed by atoms with E-state index in [1.54, 1.807) is 0 Å². The lowest BCUT2D eigenvalue weighted by molar-refractivity contribution is -0.144. The van der Waals surface area contributed by atoms with Crippen LogP contribution in [0.15, 0.2) is 78.9 Å². The third-order valence-electron chi connectivity index (χ3n) is 6.70. The number of piperidine rings is 1. The van der Waals surface area contributed by atoms with Gasteiger partial charge in [-0.3, -0.25) is 9.59 Å². The Morgan fingerprint density at radius 1 is 0.886 bits per heavy atom. The molecule has 2 amide bonds. The molecule has 1 fully saturated rings. The van der Waals surface area contributed by atoms with Crippen LogP contribution in [0.1, 0.15) is 35.6 Å². The summed E-state index contributed by atoms with van der Waals surface area (Å²) < 4.78 is 11.3. The second-order valence-electron chi connectivity index (χ2n) is 9.03. The zero-order valence-corrected chi connectivity index (χ0v) is 19.7. The first-order valence-corrected chi connectivity index (χ1v) is 12.2. The first-order chi connectivity index (χ1) is 17.2. The van der Waals surface area contributed by atoms with Gasteiger partial charge >= 0.3 is 0 Å². The summed E-state index contributed by atoms with van der Waals surface area (Å²) in [6.07, 6.45) is 1.60. The van der Waals surface area contributed by atoms with E-state index >= 15 is 0 Å². The fourth-order valence-corrected chi connectivity index (χ4v) is 4.96. The quantitative estimate of drug-likeness (QED) is 0.559. The second kappa shape index (κ2) is 10.6. The van der Waals surface area contributed by atoms with E-state index in [1.807, 2.05) is 83.8 Å². The van der Waals surface area contributed by atoms with Crippen LogP contribution in [0.3, 0.4) is 0 Å². The number of carbonyl (C=O) groups excluding carboxylic acids is 2. The van der Waals surface area contributed by atoms with Gasteiger partial charge in [0.2, 0.25) is 11.8 Å². The molecule has 2 heterocycles. The number of ether oxygens (including phenoxy) is 2. The van der Waals surface area contributed by atoms with E-state index in [4.69, 9.17) is 9.47 Å². The Hall–Kier alpha value is -3.80. The topological polar surface area (TPSA) is 67.9 Å². The zero-order chi connectivity index (χ0) is 24.0. The molecule has 0 bridgehead atoms. The Morgan fingerprint density at radius 2 is 1.60 bits per heavy atom. The summed E-state index contributed by atoms with van der Waals surface area (Å²) in [5, 5.41) is 3.13. The van der Waals surface area contributed by atoms with Gasteiger partial charge in [-0.05, 0) is 41.7 Å². The number of hydrogen-bond donors (Lipinski definition) is 1. The van der Waals surface area contributed by atoms with Gasteiger partial charge in [0, 0.05) is 19.5 Å². The van der Waals surface area contributed by atoms with Crippen LogP contribution in [0.5, 0.6) is 11.5 Å². The molecule has 6 heteroatoms. The standard InChI is InChI=1S/C29H30N2O4/c32-27-14-12-24(29(33)30-16-15-21-11-13-25-26(19-21)35-18-17-34-25)28(23-9-5-2-6-10-23)31(27)20-22-7-3-1-4-8-22/h1-11,13,19,24,28H,12,14-18,20H2,(H,30,33). The Bertz CT molecular complexity index is 1170. The van der Waals surface area contributed by atoms with Crippen LogP contribution in [0.4, 0.5) is 0 Å². The van der Waals surface area contributed by atoms with Crippen molar-refractivity contribution in [1.82, 2.24) is 10.2 Å². The lowest BCUT2D eigenvalue weighted by Crippen LogP contribution is -2.48. The summed E-state index contributed by atoms with van der Waals surface area (Å²) >= 11 is 0. The van der Waals surface area contributed by atoms with Crippen LogP contribution in [-0.4, -0.2) is 36.5 Å². The smallest absolute Gasteiger partial charge is 0.225 e. The van der Waals surface area contributed by atoms with Crippen LogP contribution in [0.2, 0.25) is 0 Å². The molecule has 2 atom stereocenters. The van der Waals surface area contributed by atoms with Crippen LogP contribution in [0.25, 0.3) is 0 Å². The number of carbonyl (C=O) groups is 2. The highest BCUT2D eigenvalue weighted by molar-refractivity contribution is 5.85. The van der Waals surface area contributed by atoms with Crippen LogP contribution >= 0.6 is 0 Å². The lowest BCUT2D eigenvalue weighted by atomic mass is 9.83. The molecule has 5 rings (SSSR count). The van der Waals surface area contributed by atoms with Crippen LogP contribution < -0.4 is 14.8 Å². The summed E-state index contributed by atoms with van der Waals surface area (Å²) in [6.45, 7) is 2.12. The normalized spacial score (nSPS) is 19.3. The van der Waals surface area contributed by atoms with Gasteiger partial charge in [-0.15, -0.1) is 0 Å². The van der Waals surface area contributed by atoms with Crippen molar-refractivity contribution in [3.63, 3.8) is 0 Å².